The van der Waals surface area contributed by atoms with Crippen molar-refractivity contribution in [1.82, 2.24) is 9.80 Å². The lowest BCUT2D eigenvalue weighted by molar-refractivity contribution is 0.0174. The first-order chi connectivity index (χ1) is 10.1. The van der Waals surface area contributed by atoms with E-state index in [4.69, 9.17) is 0 Å². The molecule has 3 unspecified atom stereocenters. The molecule has 1 aromatic carbocycles. The first-order valence-corrected chi connectivity index (χ1v) is 8.30. The number of β-amino-alcohol motifs (C(OH)–C–C–N with tert-alkyl or cyclic N) is 1. The second-order valence-electron chi connectivity index (χ2n) is 6.92. The van der Waals surface area contributed by atoms with Crippen LogP contribution in [0, 0.1) is 12.8 Å². The van der Waals surface area contributed by atoms with Gasteiger partial charge in [-0.15, -0.1) is 0 Å². The van der Waals surface area contributed by atoms with Crippen LogP contribution in [0.4, 0.5) is 0 Å². The van der Waals surface area contributed by atoms with E-state index < -0.39 is 0 Å². The summed E-state index contributed by atoms with van der Waals surface area (Å²) in [5.41, 5.74) is 2.29. The highest BCUT2D eigenvalue weighted by Gasteiger charge is 2.34. The molecule has 0 bridgehead atoms. The molecule has 0 aliphatic carbocycles. The maximum atomic E-state index is 10.5. The minimum atomic E-state index is -0.358. The van der Waals surface area contributed by atoms with E-state index in [0.717, 1.165) is 37.2 Å². The van der Waals surface area contributed by atoms with Gasteiger partial charge in [0.1, 0.15) is 0 Å². The number of nitrogens with zero attached hydrogens (tertiary/aromatic N) is 2. The van der Waals surface area contributed by atoms with Crippen molar-refractivity contribution in [2.45, 2.75) is 38.3 Å². The highest BCUT2D eigenvalue weighted by atomic mass is 16.3. The van der Waals surface area contributed by atoms with Crippen LogP contribution in [-0.2, 0) is 0 Å². The Hall–Kier alpha value is -0.900. The van der Waals surface area contributed by atoms with Crippen molar-refractivity contribution in [1.29, 1.82) is 0 Å². The normalized spacial score (nSPS) is 29.1. The maximum Gasteiger partial charge on any atom is 0.0916 e. The molecule has 21 heavy (non-hydrogen) atoms. The average Bonchev–Trinajstić information content (AvgIpc) is 2.48. The van der Waals surface area contributed by atoms with Gasteiger partial charge in [-0.05, 0) is 57.8 Å². The number of fused-ring (bicyclic) bond motifs is 1. The largest absolute Gasteiger partial charge is 0.387 e. The maximum absolute atomic E-state index is 10.5. The van der Waals surface area contributed by atoms with Crippen LogP contribution in [-0.4, -0.2) is 54.2 Å². The molecule has 3 atom stereocenters. The Morgan fingerprint density at radius 1 is 1.19 bits per heavy atom. The Morgan fingerprint density at radius 3 is 2.71 bits per heavy atom. The first kappa shape index (κ1) is 15.0. The van der Waals surface area contributed by atoms with Crippen molar-refractivity contribution in [3.05, 3.63) is 35.4 Å². The molecule has 2 saturated heterocycles. The monoisotopic (exact) mass is 288 g/mol. The van der Waals surface area contributed by atoms with Crippen LogP contribution in [0.2, 0.25) is 0 Å². The second-order valence-corrected chi connectivity index (χ2v) is 6.92. The number of aliphatic hydroxyl groups excluding tert-OH is 1. The lowest BCUT2D eigenvalue weighted by atomic mass is 9.84. The standard InChI is InChI=1S/C18H28N2O/c1-14-5-7-15(8-6-14)18(21)13-20-11-9-17-16(12-20)4-3-10-19(17)2/h5-8,16-18,21H,3-4,9-13H2,1-2H3. The summed E-state index contributed by atoms with van der Waals surface area (Å²) < 4.78 is 0. The number of benzene rings is 1. The molecule has 1 aromatic rings. The summed E-state index contributed by atoms with van der Waals surface area (Å²) >= 11 is 0. The molecule has 3 heteroatoms. The molecule has 0 spiro atoms. The molecular weight excluding hydrogens is 260 g/mol. The van der Waals surface area contributed by atoms with Crippen LogP contribution in [0.25, 0.3) is 0 Å². The molecule has 3 rings (SSSR count). The highest BCUT2D eigenvalue weighted by Crippen LogP contribution is 2.30. The van der Waals surface area contributed by atoms with Gasteiger partial charge in [0.25, 0.3) is 0 Å². The van der Waals surface area contributed by atoms with E-state index in [1.807, 2.05) is 0 Å². The number of hydrogen-bond donors (Lipinski definition) is 1. The van der Waals surface area contributed by atoms with Crippen LogP contribution in [0.3, 0.4) is 0 Å². The Kier molecular flexibility index (Phi) is 4.63. The first-order valence-electron chi connectivity index (χ1n) is 8.30. The van der Waals surface area contributed by atoms with Gasteiger partial charge >= 0.3 is 0 Å². The Morgan fingerprint density at radius 2 is 1.95 bits per heavy atom. The van der Waals surface area contributed by atoms with E-state index in [2.05, 4.69) is 48.0 Å². The van der Waals surface area contributed by atoms with Gasteiger partial charge in [0, 0.05) is 19.1 Å². The van der Waals surface area contributed by atoms with Crippen molar-refractivity contribution in [2.75, 3.05) is 33.2 Å². The summed E-state index contributed by atoms with van der Waals surface area (Å²) in [6.45, 7) is 6.38. The van der Waals surface area contributed by atoms with Crippen molar-refractivity contribution >= 4 is 0 Å². The smallest absolute Gasteiger partial charge is 0.0916 e. The molecule has 2 aliphatic rings. The summed E-state index contributed by atoms with van der Waals surface area (Å²) in [5, 5.41) is 10.5. The van der Waals surface area contributed by atoms with Crippen LogP contribution < -0.4 is 0 Å². The lowest BCUT2D eigenvalue weighted by Crippen LogP contribution is -2.53. The number of rotatable bonds is 3. The molecular formula is C18H28N2O. The zero-order valence-corrected chi connectivity index (χ0v) is 13.3. The van der Waals surface area contributed by atoms with Gasteiger partial charge in [0.15, 0.2) is 0 Å². The topological polar surface area (TPSA) is 26.7 Å². The number of piperidine rings is 2. The summed E-state index contributed by atoms with van der Waals surface area (Å²) in [5.74, 6) is 0.794. The van der Waals surface area contributed by atoms with Gasteiger partial charge in [-0.2, -0.15) is 0 Å². The predicted octanol–water partition coefficient (Wildman–Crippen LogP) is 2.44. The Bertz CT molecular complexity index is 459. The van der Waals surface area contributed by atoms with E-state index in [9.17, 15) is 5.11 Å². The SMILES string of the molecule is Cc1ccc(C(O)CN2CCC3C(CCCN3C)C2)cc1. The highest BCUT2D eigenvalue weighted by molar-refractivity contribution is 5.23. The minimum absolute atomic E-state index is 0.358. The third kappa shape index (κ3) is 3.47. The molecule has 0 amide bonds. The summed E-state index contributed by atoms with van der Waals surface area (Å²) in [6, 6.07) is 9.05. The third-order valence-electron chi connectivity index (χ3n) is 5.32. The fourth-order valence-corrected chi connectivity index (χ4v) is 4.03. The van der Waals surface area contributed by atoms with Gasteiger partial charge in [-0.25, -0.2) is 0 Å². The number of aliphatic hydroxyl groups is 1. The van der Waals surface area contributed by atoms with Crippen LogP contribution >= 0.6 is 0 Å². The molecule has 3 nitrogen and oxygen atoms in total. The van der Waals surface area contributed by atoms with Gasteiger partial charge in [-0.1, -0.05) is 29.8 Å². The number of likely N-dealkylation sites (tertiary alicyclic amines) is 2. The van der Waals surface area contributed by atoms with E-state index in [0.29, 0.717) is 0 Å². The molecule has 2 heterocycles. The Labute approximate surface area is 128 Å². The summed E-state index contributed by atoms with van der Waals surface area (Å²) in [7, 11) is 2.27. The third-order valence-corrected chi connectivity index (χ3v) is 5.32. The van der Waals surface area contributed by atoms with E-state index in [1.165, 1.54) is 31.4 Å². The Balaban J connectivity index is 1.57. The molecule has 0 saturated carbocycles. The quantitative estimate of drug-likeness (QED) is 0.925. The molecule has 2 fully saturated rings. The van der Waals surface area contributed by atoms with E-state index in [1.54, 1.807) is 0 Å². The molecule has 1 N–H and O–H groups in total. The fourth-order valence-electron chi connectivity index (χ4n) is 4.03. The van der Waals surface area contributed by atoms with Gasteiger partial charge in [0.05, 0.1) is 6.10 Å². The van der Waals surface area contributed by atoms with Gasteiger partial charge in [0.2, 0.25) is 0 Å². The van der Waals surface area contributed by atoms with Crippen molar-refractivity contribution < 1.29 is 5.11 Å². The predicted molar refractivity (Wildman–Crippen MR) is 86.3 cm³/mol. The lowest BCUT2D eigenvalue weighted by Gasteiger charge is -2.46. The number of hydrogen-bond acceptors (Lipinski definition) is 3. The molecule has 0 radical (unpaired) electrons. The number of aryl methyl sites for hydroxylation is 1. The van der Waals surface area contributed by atoms with Crippen LogP contribution in [0.15, 0.2) is 24.3 Å². The van der Waals surface area contributed by atoms with Crippen LogP contribution in [0.5, 0.6) is 0 Å². The van der Waals surface area contributed by atoms with Gasteiger partial charge in [-0.3, -0.25) is 0 Å². The second kappa shape index (κ2) is 6.47. The van der Waals surface area contributed by atoms with E-state index in [-0.39, 0.29) is 6.10 Å². The van der Waals surface area contributed by atoms with Crippen molar-refractivity contribution in [2.24, 2.45) is 5.92 Å². The zero-order chi connectivity index (χ0) is 14.8. The summed E-state index contributed by atoms with van der Waals surface area (Å²) in [4.78, 5) is 5.01. The molecule has 2 aliphatic heterocycles. The molecule has 0 aromatic heterocycles. The van der Waals surface area contributed by atoms with Crippen molar-refractivity contribution in [3.8, 4) is 0 Å². The van der Waals surface area contributed by atoms with Crippen molar-refractivity contribution in [3.63, 3.8) is 0 Å². The zero-order valence-electron chi connectivity index (χ0n) is 13.3. The fraction of sp³-hybridized carbons (Fsp3) is 0.667. The van der Waals surface area contributed by atoms with Gasteiger partial charge < -0.3 is 14.9 Å². The van der Waals surface area contributed by atoms with Crippen LogP contribution in [0.1, 0.15) is 36.5 Å². The minimum Gasteiger partial charge on any atom is -0.387 e. The average molecular weight is 288 g/mol. The molecule has 116 valence electrons. The summed E-state index contributed by atoms with van der Waals surface area (Å²) in [6.07, 6.45) is 3.57. The van der Waals surface area contributed by atoms with E-state index >= 15 is 0 Å².